The molecular weight excluding hydrogens is 242 g/mol. The van der Waals surface area contributed by atoms with E-state index in [1.807, 2.05) is 0 Å². The Morgan fingerprint density at radius 3 is 2.42 bits per heavy atom. The smallest absolute Gasteiger partial charge is 0.176 e. The first-order chi connectivity index (χ1) is 9.08. The van der Waals surface area contributed by atoms with Crippen molar-refractivity contribution in [2.45, 2.75) is 26.3 Å². The minimum Gasteiger partial charge on any atom is -0.497 e. The minimum atomic E-state index is 0.0919. The van der Waals surface area contributed by atoms with Gasteiger partial charge in [-0.3, -0.25) is 9.69 Å². The van der Waals surface area contributed by atoms with Crippen LogP contribution in [0.25, 0.3) is 0 Å². The van der Waals surface area contributed by atoms with Crippen LogP contribution >= 0.6 is 0 Å². The monoisotopic (exact) mass is 265 g/mol. The van der Waals surface area contributed by atoms with Crippen molar-refractivity contribution >= 4 is 5.78 Å². The molecule has 4 nitrogen and oxygen atoms in total. The Balaban J connectivity index is 2.64. The van der Waals surface area contributed by atoms with Gasteiger partial charge < -0.3 is 9.84 Å². The van der Waals surface area contributed by atoms with Crippen LogP contribution in [0.2, 0.25) is 0 Å². The molecule has 0 radical (unpaired) electrons. The Labute approximate surface area is 115 Å². The number of carbonyl (C=O) groups excluding carboxylic acids is 1. The summed E-state index contributed by atoms with van der Waals surface area (Å²) < 4.78 is 5.07. The molecule has 0 unspecified atom stereocenters. The predicted molar refractivity (Wildman–Crippen MR) is 75.7 cm³/mol. The molecule has 0 saturated carbocycles. The summed E-state index contributed by atoms with van der Waals surface area (Å²) in [5.41, 5.74) is 0.690. The molecule has 0 aliphatic heterocycles. The fourth-order valence-corrected chi connectivity index (χ4v) is 1.85. The molecule has 0 aliphatic carbocycles. The van der Waals surface area contributed by atoms with Crippen LogP contribution in [0.1, 0.15) is 30.6 Å². The van der Waals surface area contributed by atoms with Crippen molar-refractivity contribution in [3.63, 3.8) is 0 Å². The number of aliphatic hydroxyl groups is 1. The van der Waals surface area contributed by atoms with Crippen molar-refractivity contribution in [1.29, 1.82) is 0 Å². The van der Waals surface area contributed by atoms with Gasteiger partial charge in [0.1, 0.15) is 5.75 Å². The Bertz CT molecular complexity index is 387. The third-order valence-corrected chi connectivity index (χ3v) is 3.09. The second kappa shape index (κ2) is 7.92. The summed E-state index contributed by atoms with van der Waals surface area (Å²) in [6, 6.07) is 7.44. The molecule has 0 aliphatic rings. The maximum absolute atomic E-state index is 12.2. The van der Waals surface area contributed by atoms with Gasteiger partial charge in [0.2, 0.25) is 0 Å². The molecule has 4 heteroatoms. The van der Waals surface area contributed by atoms with E-state index in [1.165, 1.54) is 0 Å². The third-order valence-electron chi connectivity index (χ3n) is 3.09. The largest absolute Gasteiger partial charge is 0.497 e. The highest BCUT2D eigenvalue weighted by Gasteiger charge is 2.15. The Morgan fingerprint density at radius 1 is 1.32 bits per heavy atom. The van der Waals surface area contributed by atoms with Gasteiger partial charge in [0.15, 0.2) is 5.78 Å². The Kier molecular flexibility index (Phi) is 6.53. The zero-order valence-corrected chi connectivity index (χ0v) is 11.9. The highest BCUT2D eigenvalue weighted by molar-refractivity contribution is 5.97. The van der Waals surface area contributed by atoms with E-state index in [-0.39, 0.29) is 18.4 Å². The number of carbonyl (C=O) groups is 1. The maximum Gasteiger partial charge on any atom is 0.176 e. The quantitative estimate of drug-likeness (QED) is 0.730. The lowest BCUT2D eigenvalue weighted by molar-refractivity contribution is 0.0896. The molecule has 1 N–H and O–H groups in total. The predicted octanol–water partition coefficient (Wildman–Crippen LogP) is 1.97. The normalized spacial score (nSPS) is 11.1. The van der Waals surface area contributed by atoms with Crippen LogP contribution < -0.4 is 4.74 Å². The summed E-state index contributed by atoms with van der Waals surface area (Å²) in [6.45, 7) is 5.37. The fourth-order valence-electron chi connectivity index (χ4n) is 1.85. The maximum atomic E-state index is 12.2. The molecule has 1 rings (SSSR count). The van der Waals surface area contributed by atoms with Crippen LogP contribution in [0.3, 0.4) is 0 Å². The van der Waals surface area contributed by atoms with Crippen LogP contribution in [0, 0.1) is 0 Å². The number of hydrogen-bond donors (Lipinski definition) is 1. The molecule has 0 saturated heterocycles. The van der Waals surface area contributed by atoms with Crippen LogP contribution in [-0.4, -0.2) is 48.6 Å². The molecule has 0 atom stereocenters. The molecule has 0 spiro atoms. The van der Waals surface area contributed by atoms with Gasteiger partial charge in [0.05, 0.1) is 13.7 Å². The van der Waals surface area contributed by atoms with Crippen molar-refractivity contribution in [2.75, 3.05) is 26.8 Å². The molecule has 0 heterocycles. The number of ether oxygens (including phenoxy) is 1. The first-order valence-corrected chi connectivity index (χ1v) is 6.60. The van der Waals surface area contributed by atoms with E-state index in [9.17, 15) is 4.79 Å². The summed E-state index contributed by atoms with van der Waals surface area (Å²) in [4.78, 5) is 14.2. The van der Waals surface area contributed by atoms with Gasteiger partial charge in [-0.2, -0.15) is 0 Å². The van der Waals surface area contributed by atoms with Crippen LogP contribution in [0.4, 0.5) is 0 Å². The van der Waals surface area contributed by atoms with Crippen LogP contribution in [-0.2, 0) is 0 Å². The van der Waals surface area contributed by atoms with E-state index in [0.29, 0.717) is 18.5 Å². The SMILES string of the molecule is COc1ccc(C(=O)CN(CCCO)C(C)C)cc1. The number of rotatable bonds is 8. The summed E-state index contributed by atoms with van der Waals surface area (Å²) in [6.07, 6.45) is 0.689. The summed E-state index contributed by atoms with van der Waals surface area (Å²) in [5, 5.41) is 8.88. The summed E-state index contributed by atoms with van der Waals surface area (Å²) in [5.74, 6) is 0.840. The zero-order chi connectivity index (χ0) is 14.3. The average Bonchev–Trinajstić information content (AvgIpc) is 2.43. The van der Waals surface area contributed by atoms with E-state index in [0.717, 1.165) is 12.3 Å². The van der Waals surface area contributed by atoms with E-state index in [2.05, 4.69) is 18.7 Å². The summed E-state index contributed by atoms with van der Waals surface area (Å²) >= 11 is 0. The molecule has 0 aromatic heterocycles. The third kappa shape index (κ3) is 5.01. The van der Waals surface area contributed by atoms with Crippen molar-refractivity contribution in [1.82, 2.24) is 4.90 Å². The number of methoxy groups -OCH3 is 1. The van der Waals surface area contributed by atoms with Crippen molar-refractivity contribution in [3.8, 4) is 5.75 Å². The number of hydrogen-bond acceptors (Lipinski definition) is 4. The van der Waals surface area contributed by atoms with Crippen molar-refractivity contribution in [2.24, 2.45) is 0 Å². The molecule has 106 valence electrons. The van der Waals surface area contributed by atoms with E-state index in [4.69, 9.17) is 9.84 Å². The Morgan fingerprint density at radius 2 is 1.95 bits per heavy atom. The topological polar surface area (TPSA) is 49.8 Å². The van der Waals surface area contributed by atoms with Crippen LogP contribution in [0.5, 0.6) is 5.75 Å². The van der Waals surface area contributed by atoms with E-state index < -0.39 is 0 Å². The second-order valence-corrected chi connectivity index (χ2v) is 4.79. The van der Waals surface area contributed by atoms with Gasteiger partial charge in [-0.05, 0) is 44.5 Å². The Hall–Kier alpha value is -1.39. The highest BCUT2D eigenvalue weighted by atomic mass is 16.5. The van der Waals surface area contributed by atoms with Crippen LogP contribution in [0.15, 0.2) is 24.3 Å². The molecule has 0 bridgehead atoms. The number of Topliss-reactive ketones (excluding diaryl/α,β-unsaturated/α-hetero) is 1. The highest BCUT2D eigenvalue weighted by Crippen LogP contribution is 2.12. The summed E-state index contributed by atoms with van der Waals surface area (Å²) in [7, 11) is 1.60. The first-order valence-electron chi connectivity index (χ1n) is 6.60. The number of aliphatic hydroxyl groups excluding tert-OH is 1. The minimum absolute atomic E-state index is 0.0919. The average molecular weight is 265 g/mol. The number of nitrogens with zero attached hydrogens (tertiary/aromatic N) is 1. The lowest BCUT2D eigenvalue weighted by Gasteiger charge is -2.25. The molecule has 1 aromatic rings. The number of ketones is 1. The van der Waals surface area contributed by atoms with Gasteiger partial charge >= 0.3 is 0 Å². The van der Waals surface area contributed by atoms with Crippen molar-refractivity contribution < 1.29 is 14.6 Å². The van der Waals surface area contributed by atoms with E-state index in [1.54, 1.807) is 31.4 Å². The fraction of sp³-hybridized carbons (Fsp3) is 0.533. The van der Waals surface area contributed by atoms with Gasteiger partial charge in [0, 0.05) is 24.8 Å². The lowest BCUT2D eigenvalue weighted by atomic mass is 10.1. The molecule has 1 aromatic carbocycles. The zero-order valence-electron chi connectivity index (χ0n) is 11.9. The number of benzene rings is 1. The van der Waals surface area contributed by atoms with Crippen molar-refractivity contribution in [3.05, 3.63) is 29.8 Å². The van der Waals surface area contributed by atoms with Gasteiger partial charge in [-0.25, -0.2) is 0 Å². The molecule has 0 fully saturated rings. The molecule has 0 amide bonds. The molecular formula is C15H23NO3. The van der Waals surface area contributed by atoms with Gasteiger partial charge in [0.25, 0.3) is 0 Å². The lowest BCUT2D eigenvalue weighted by Crippen LogP contribution is -2.36. The standard InChI is InChI=1S/C15H23NO3/c1-12(2)16(9-4-10-17)11-15(18)13-5-7-14(19-3)8-6-13/h5-8,12,17H,4,9-11H2,1-3H3. The molecule has 19 heavy (non-hydrogen) atoms. The van der Waals surface area contributed by atoms with Gasteiger partial charge in [-0.1, -0.05) is 0 Å². The first kappa shape index (κ1) is 15.7. The van der Waals surface area contributed by atoms with Gasteiger partial charge in [-0.15, -0.1) is 0 Å². The van der Waals surface area contributed by atoms with E-state index >= 15 is 0 Å². The second-order valence-electron chi connectivity index (χ2n) is 4.79.